The number of nitrogens with zero attached hydrogens (tertiary/aromatic N) is 3. The first-order chi connectivity index (χ1) is 6.74. The van der Waals surface area contributed by atoms with Crippen LogP contribution in [0.3, 0.4) is 0 Å². The molecule has 0 aromatic carbocycles. The molecule has 0 aromatic rings. The predicted octanol–water partition coefficient (Wildman–Crippen LogP) is 0.766. The molecule has 0 aromatic heterocycles. The van der Waals surface area contributed by atoms with Gasteiger partial charge in [0.15, 0.2) is 0 Å². The van der Waals surface area contributed by atoms with E-state index in [9.17, 15) is 0 Å². The van der Waals surface area contributed by atoms with Gasteiger partial charge in [0.25, 0.3) is 0 Å². The number of rotatable bonds is 2. The van der Waals surface area contributed by atoms with Crippen LogP contribution >= 0.6 is 11.8 Å². The smallest absolute Gasteiger partial charge is 0.0855 e. The Kier molecular flexibility index (Phi) is 3.34. The Hall–Kier alpha value is -0.220. The number of hydrogen-bond acceptors (Lipinski definition) is 4. The highest BCUT2D eigenvalue weighted by Crippen LogP contribution is 2.19. The molecule has 0 saturated carbocycles. The van der Waals surface area contributed by atoms with Gasteiger partial charge in [0.05, 0.1) is 12.4 Å². The van der Waals surface area contributed by atoms with Crippen molar-refractivity contribution in [1.29, 1.82) is 0 Å². The normalized spacial score (nSPS) is 34.0. The van der Waals surface area contributed by atoms with Crippen molar-refractivity contribution < 1.29 is 0 Å². The third kappa shape index (κ3) is 2.64. The van der Waals surface area contributed by atoms with Crippen LogP contribution in [-0.2, 0) is 0 Å². The molecule has 2 unspecified atom stereocenters. The fourth-order valence-corrected chi connectivity index (χ4v) is 3.41. The minimum atomic E-state index is 0.501. The van der Waals surface area contributed by atoms with E-state index in [0.717, 1.165) is 11.8 Å². The molecule has 0 bridgehead atoms. The SMILES string of the molecule is CC1CN(CC2CN(C)CCS2)C=N1. The fourth-order valence-electron chi connectivity index (χ4n) is 2.00. The Balaban J connectivity index is 1.77. The first-order valence-corrected chi connectivity index (χ1v) is 6.36. The van der Waals surface area contributed by atoms with Crippen molar-refractivity contribution in [2.24, 2.45) is 4.99 Å². The van der Waals surface area contributed by atoms with Crippen LogP contribution in [0.5, 0.6) is 0 Å². The quantitative estimate of drug-likeness (QED) is 0.675. The molecule has 0 aliphatic carbocycles. The van der Waals surface area contributed by atoms with Crippen LogP contribution in [0.2, 0.25) is 0 Å². The van der Waals surface area contributed by atoms with Crippen LogP contribution in [0.15, 0.2) is 4.99 Å². The summed E-state index contributed by atoms with van der Waals surface area (Å²) in [5.74, 6) is 1.28. The van der Waals surface area contributed by atoms with Gasteiger partial charge in [-0.2, -0.15) is 11.8 Å². The molecule has 2 aliphatic heterocycles. The topological polar surface area (TPSA) is 18.8 Å². The van der Waals surface area contributed by atoms with Crippen LogP contribution in [0.4, 0.5) is 0 Å². The largest absolute Gasteiger partial charge is 0.360 e. The minimum Gasteiger partial charge on any atom is -0.360 e. The lowest BCUT2D eigenvalue weighted by atomic mass is 10.3. The monoisotopic (exact) mass is 213 g/mol. The van der Waals surface area contributed by atoms with Crippen LogP contribution < -0.4 is 0 Å². The van der Waals surface area contributed by atoms with Gasteiger partial charge in [-0.3, -0.25) is 4.99 Å². The van der Waals surface area contributed by atoms with Crippen LogP contribution in [0.1, 0.15) is 6.92 Å². The number of hydrogen-bond donors (Lipinski definition) is 0. The molecule has 2 heterocycles. The van der Waals surface area contributed by atoms with Crippen molar-refractivity contribution in [2.75, 3.05) is 39.0 Å². The summed E-state index contributed by atoms with van der Waals surface area (Å²) >= 11 is 2.11. The van der Waals surface area contributed by atoms with Crippen molar-refractivity contribution in [1.82, 2.24) is 9.80 Å². The molecule has 14 heavy (non-hydrogen) atoms. The van der Waals surface area contributed by atoms with Gasteiger partial charge in [-0.25, -0.2) is 0 Å². The first-order valence-electron chi connectivity index (χ1n) is 5.31. The van der Waals surface area contributed by atoms with Crippen LogP contribution in [0, 0.1) is 0 Å². The lowest BCUT2D eigenvalue weighted by Gasteiger charge is -2.31. The summed E-state index contributed by atoms with van der Waals surface area (Å²) in [4.78, 5) is 9.17. The molecule has 0 spiro atoms. The van der Waals surface area contributed by atoms with E-state index in [1.165, 1.54) is 25.4 Å². The summed E-state index contributed by atoms with van der Waals surface area (Å²) in [6, 6.07) is 0.501. The van der Waals surface area contributed by atoms with Gasteiger partial charge < -0.3 is 9.80 Å². The standard InChI is InChI=1S/C10H19N3S/c1-9-5-13(8-11-9)7-10-6-12(2)3-4-14-10/h8-10H,3-7H2,1-2H3. The maximum atomic E-state index is 4.38. The van der Waals surface area contributed by atoms with Gasteiger partial charge in [0.1, 0.15) is 0 Å². The zero-order chi connectivity index (χ0) is 9.97. The first kappa shape index (κ1) is 10.3. The van der Waals surface area contributed by atoms with Crippen molar-refractivity contribution in [3.63, 3.8) is 0 Å². The van der Waals surface area contributed by atoms with Gasteiger partial charge in [0.2, 0.25) is 0 Å². The van der Waals surface area contributed by atoms with Crippen LogP contribution in [-0.4, -0.2) is 66.4 Å². The maximum Gasteiger partial charge on any atom is 0.0855 e. The highest BCUT2D eigenvalue weighted by molar-refractivity contribution is 8.00. The van der Waals surface area contributed by atoms with E-state index in [-0.39, 0.29) is 0 Å². The Morgan fingerprint density at radius 3 is 3.00 bits per heavy atom. The summed E-state index contributed by atoms with van der Waals surface area (Å²) in [6.07, 6.45) is 2.03. The molecule has 1 saturated heterocycles. The fraction of sp³-hybridized carbons (Fsp3) is 0.900. The Morgan fingerprint density at radius 1 is 1.50 bits per heavy atom. The molecular weight excluding hydrogens is 194 g/mol. The summed E-state index contributed by atoms with van der Waals surface area (Å²) in [5, 5.41) is 0.769. The van der Waals surface area contributed by atoms with Gasteiger partial charge in [-0.05, 0) is 14.0 Å². The number of aliphatic imine (C=N–C) groups is 1. The van der Waals surface area contributed by atoms with Crippen molar-refractivity contribution in [2.45, 2.75) is 18.2 Å². The Labute approximate surface area is 90.6 Å². The highest BCUT2D eigenvalue weighted by Gasteiger charge is 2.21. The van der Waals surface area contributed by atoms with E-state index >= 15 is 0 Å². The molecule has 2 rings (SSSR count). The summed E-state index contributed by atoms with van der Waals surface area (Å²) in [7, 11) is 2.22. The van der Waals surface area contributed by atoms with E-state index < -0.39 is 0 Å². The Morgan fingerprint density at radius 2 is 2.36 bits per heavy atom. The molecule has 3 nitrogen and oxygen atoms in total. The molecule has 4 heteroatoms. The van der Waals surface area contributed by atoms with Crippen LogP contribution in [0.25, 0.3) is 0 Å². The molecule has 0 radical (unpaired) electrons. The second-order valence-electron chi connectivity index (χ2n) is 4.32. The second kappa shape index (κ2) is 4.53. The highest BCUT2D eigenvalue weighted by atomic mass is 32.2. The van der Waals surface area contributed by atoms with Crippen molar-refractivity contribution in [3.8, 4) is 0 Å². The second-order valence-corrected chi connectivity index (χ2v) is 5.73. The van der Waals surface area contributed by atoms with E-state index in [1.54, 1.807) is 0 Å². The molecule has 0 N–H and O–H groups in total. The van der Waals surface area contributed by atoms with E-state index in [2.05, 4.69) is 40.5 Å². The van der Waals surface area contributed by atoms with E-state index in [1.807, 2.05) is 6.34 Å². The lowest BCUT2D eigenvalue weighted by Crippen LogP contribution is -2.41. The van der Waals surface area contributed by atoms with Crippen molar-refractivity contribution >= 4 is 18.1 Å². The predicted molar refractivity (Wildman–Crippen MR) is 63.3 cm³/mol. The zero-order valence-electron chi connectivity index (χ0n) is 9.02. The minimum absolute atomic E-state index is 0.501. The average Bonchev–Trinajstić information content (AvgIpc) is 2.51. The summed E-state index contributed by atoms with van der Waals surface area (Å²) < 4.78 is 0. The van der Waals surface area contributed by atoms with Crippen molar-refractivity contribution in [3.05, 3.63) is 0 Å². The van der Waals surface area contributed by atoms with Gasteiger partial charge in [-0.15, -0.1) is 0 Å². The third-order valence-electron chi connectivity index (χ3n) is 2.76. The third-order valence-corrected chi connectivity index (χ3v) is 3.95. The van der Waals surface area contributed by atoms with E-state index in [4.69, 9.17) is 0 Å². The van der Waals surface area contributed by atoms with E-state index in [0.29, 0.717) is 6.04 Å². The summed E-state index contributed by atoms with van der Waals surface area (Å²) in [6.45, 7) is 6.93. The lowest BCUT2D eigenvalue weighted by molar-refractivity contribution is 0.320. The molecule has 1 fully saturated rings. The summed E-state index contributed by atoms with van der Waals surface area (Å²) in [5.41, 5.74) is 0. The average molecular weight is 213 g/mol. The van der Waals surface area contributed by atoms with Gasteiger partial charge in [-0.1, -0.05) is 0 Å². The molecule has 80 valence electrons. The maximum absolute atomic E-state index is 4.38. The van der Waals surface area contributed by atoms with Gasteiger partial charge >= 0.3 is 0 Å². The molecular formula is C10H19N3S. The molecule has 2 atom stereocenters. The molecule has 0 amide bonds. The number of thioether (sulfide) groups is 1. The Bertz CT molecular complexity index is 219. The van der Waals surface area contributed by atoms with Gasteiger partial charge in [0, 0.05) is 37.2 Å². The molecule has 2 aliphatic rings. The zero-order valence-corrected chi connectivity index (χ0v) is 9.83.